The summed E-state index contributed by atoms with van der Waals surface area (Å²) in [5.74, 6) is 0. The van der Waals surface area contributed by atoms with Crippen LogP contribution in [0.4, 0.5) is 17.1 Å². The molecule has 0 spiro atoms. The molecule has 0 fully saturated rings. The number of rotatable bonds is 7. The zero-order chi connectivity index (χ0) is 35.8. The van der Waals surface area contributed by atoms with Crippen molar-refractivity contribution < 1.29 is 0 Å². The van der Waals surface area contributed by atoms with E-state index >= 15 is 0 Å². The Hall–Kier alpha value is -7.16. The van der Waals surface area contributed by atoms with Gasteiger partial charge in [-0.15, -0.1) is 0 Å². The maximum absolute atomic E-state index is 2.44. The minimum atomic E-state index is 1.10. The fourth-order valence-corrected chi connectivity index (χ4v) is 8.11. The Bertz CT molecular complexity index is 2920. The molecule has 0 radical (unpaired) electrons. The van der Waals surface area contributed by atoms with Gasteiger partial charge < -0.3 is 9.47 Å². The van der Waals surface area contributed by atoms with E-state index in [1.807, 2.05) is 0 Å². The lowest BCUT2D eigenvalue weighted by atomic mass is 9.94. The van der Waals surface area contributed by atoms with Gasteiger partial charge in [-0.2, -0.15) is 0 Å². The lowest BCUT2D eigenvalue weighted by molar-refractivity contribution is 1.18. The Balaban J connectivity index is 1.18. The summed E-state index contributed by atoms with van der Waals surface area (Å²) in [5, 5.41) is 4.87. The van der Waals surface area contributed by atoms with Crippen LogP contribution in [-0.2, 0) is 0 Å². The van der Waals surface area contributed by atoms with Crippen LogP contribution in [0, 0.1) is 0 Å². The minimum Gasteiger partial charge on any atom is -0.309 e. The molecule has 10 rings (SSSR count). The maximum atomic E-state index is 2.44. The number of anilines is 3. The second kappa shape index (κ2) is 13.4. The summed E-state index contributed by atoms with van der Waals surface area (Å²) in [6.07, 6.45) is 0. The van der Waals surface area contributed by atoms with E-state index in [9.17, 15) is 0 Å². The molecule has 9 aromatic carbocycles. The second-order valence-corrected chi connectivity index (χ2v) is 13.7. The number of nitrogens with zero attached hydrogens (tertiary/aromatic N) is 2. The zero-order valence-electron chi connectivity index (χ0n) is 29.7. The molecule has 0 amide bonds. The van der Waals surface area contributed by atoms with Gasteiger partial charge in [-0.1, -0.05) is 176 Å². The van der Waals surface area contributed by atoms with E-state index in [0.717, 1.165) is 28.3 Å². The molecular weight excluding hydrogens is 653 g/mol. The summed E-state index contributed by atoms with van der Waals surface area (Å²) >= 11 is 0. The van der Waals surface area contributed by atoms with Crippen molar-refractivity contribution in [3.8, 4) is 39.1 Å². The van der Waals surface area contributed by atoms with Crippen LogP contribution in [-0.4, -0.2) is 4.57 Å². The second-order valence-electron chi connectivity index (χ2n) is 13.7. The van der Waals surface area contributed by atoms with Gasteiger partial charge in [0, 0.05) is 33.1 Å². The average Bonchev–Trinajstić information content (AvgIpc) is 3.58. The van der Waals surface area contributed by atoms with E-state index in [4.69, 9.17) is 0 Å². The van der Waals surface area contributed by atoms with Gasteiger partial charge in [0.15, 0.2) is 0 Å². The molecule has 2 nitrogen and oxygen atoms in total. The van der Waals surface area contributed by atoms with Crippen molar-refractivity contribution in [2.24, 2.45) is 0 Å². The van der Waals surface area contributed by atoms with Gasteiger partial charge in [-0.25, -0.2) is 0 Å². The smallest absolute Gasteiger partial charge is 0.0561 e. The van der Waals surface area contributed by atoms with Crippen LogP contribution in [0.1, 0.15) is 0 Å². The van der Waals surface area contributed by atoms with Crippen LogP contribution < -0.4 is 4.90 Å². The Kier molecular flexibility index (Phi) is 7.85. The molecule has 1 aromatic heterocycles. The number of aromatic nitrogens is 1. The number of benzene rings is 9. The highest BCUT2D eigenvalue weighted by molar-refractivity contribution is 6.11. The number of hydrogen-bond donors (Lipinski definition) is 0. The highest BCUT2D eigenvalue weighted by atomic mass is 15.1. The molecule has 2 heteroatoms. The van der Waals surface area contributed by atoms with E-state index in [1.165, 1.54) is 60.4 Å². The number of fused-ring (bicyclic) bond motifs is 4. The third-order valence-electron chi connectivity index (χ3n) is 10.6. The molecule has 0 aliphatic rings. The van der Waals surface area contributed by atoms with Crippen LogP contribution in [0.3, 0.4) is 0 Å². The van der Waals surface area contributed by atoms with Gasteiger partial charge in [0.1, 0.15) is 0 Å². The average molecular weight is 689 g/mol. The zero-order valence-corrected chi connectivity index (χ0v) is 29.7. The molecule has 0 bridgehead atoms. The van der Waals surface area contributed by atoms with Gasteiger partial charge in [0.25, 0.3) is 0 Å². The monoisotopic (exact) mass is 688 g/mol. The number of hydrogen-bond acceptors (Lipinski definition) is 1. The standard InChI is InChI=1S/C52H36N2/c1-3-16-37(17-4-1)43-22-9-10-23-44(43)40-30-32-41(33-31-40)53-51-28-14-12-26-47(51)48-35-34-42(36-52(48)53)54(50-29-15-21-39-20-7-8-24-46(39)50)49-27-13-11-25-45(49)38-18-5-2-6-19-38/h1-36H. The van der Waals surface area contributed by atoms with Crippen molar-refractivity contribution in [3.05, 3.63) is 218 Å². The minimum absolute atomic E-state index is 1.10. The van der Waals surface area contributed by atoms with E-state index in [-0.39, 0.29) is 0 Å². The first-order valence-corrected chi connectivity index (χ1v) is 18.5. The van der Waals surface area contributed by atoms with Gasteiger partial charge in [-0.3, -0.25) is 0 Å². The molecule has 0 N–H and O–H groups in total. The Labute approximate surface area is 315 Å². The Morgan fingerprint density at radius 2 is 0.833 bits per heavy atom. The van der Waals surface area contributed by atoms with Crippen molar-refractivity contribution in [2.45, 2.75) is 0 Å². The van der Waals surface area contributed by atoms with Crippen molar-refractivity contribution in [3.63, 3.8) is 0 Å². The van der Waals surface area contributed by atoms with Crippen LogP contribution >= 0.6 is 0 Å². The molecule has 0 saturated carbocycles. The summed E-state index contributed by atoms with van der Waals surface area (Å²) in [7, 11) is 0. The normalized spacial score (nSPS) is 11.3. The fraction of sp³-hybridized carbons (Fsp3) is 0. The van der Waals surface area contributed by atoms with E-state index < -0.39 is 0 Å². The number of para-hydroxylation sites is 2. The van der Waals surface area contributed by atoms with Crippen LogP contribution in [0.2, 0.25) is 0 Å². The summed E-state index contributed by atoms with van der Waals surface area (Å²) < 4.78 is 2.42. The largest absolute Gasteiger partial charge is 0.309 e. The predicted octanol–water partition coefficient (Wildman–Crippen LogP) is 14.4. The summed E-state index contributed by atoms with van der Waals surface area (Å²) in [5.41, 5.74) is 14.1. The summed E-state index contributed by atoms with van der Waals surface area (Å²) in [6.45, 7) is 0. The quantitative estimate of drug-likeness (QED) is 0.162. The SMILES string of the molecule is c1ccc(-c2ccccc2-c2ccc(-n3c4ccccc4c4ccc(N(c5ccccc5-c5ccccc5)c5cccc6ccccc56)cc43)cc2)cc1. The first-order chi connectivity index (χ1) is 26.8. The summed E-state index contributed by atoms with van der Waals surface area (Å²) in [6, 6.07) is 78.9. The topological polar surface area (TPSA) is 8.17 Å². The molecule has 1 heterocycles. The molecule has 0 saturated heterocycles. The Morgan fingerprint density at radius 1 is 0.315 bits per heavy atom. The van der Waals surface area contributed by atoms with E-state index in [0.29, 0.717) is 0 Å². The molecular formula is C52H36N2. The molecule has 10 aromatic rings. The molecule has 54 heavy (non-hydrogen) atoms. The highest BCUT2D eigenvalue weighted by Gasteiger charge is 2.21. The third kappa shape index (κ3) is 5.44. The Morgan fingerprint density at radius 3 is 1.57 bits per heavy atom. The van der Waals surface area contributed by atoms with Crippen LogP contribution in [0.15, 0.2) is 218 Å². The predicted molar refractivity (Wildman–Crippen MR) is 229 cm³/mol. The summed E-state index contributed by atoms with van der Waals surface area (Å²) in [4.78, 5) is 2.44. The lowest BCUT2D eigenvalue weighted by Gasteiger charge is -2.29. The molecule has 0 aliphatic heterocycles. The highest BCUT2D eigenvalue weighted by Crippen LogP contribution is 2.45. The maximum Gasteiger partial charge on any atom is 0.0561 e. The van der Waals surface area contributed by atoms with Crippen molar-refractivity contribution in [1.29, 1.82) is 0 Å². The first-order valence-electron chi connectivity index (χ1n) is 18.5. The van der Waals surface area contributed by atoms with Gasteiger partial charge in [0.05, 0.1) is 22.4 Å². The van der Waals surface area contributed by atoms with Crippen molar-refractivity contribution in [1.82, 2.24) is 4.57 Å². The fourth-order valence-electron chi connectivity index (χ4n) is 8.11. The van der Waals surface area contributed by atoms with Crippen molar-refractivity contribution in [2.75, 3.05) is 4.90 Å². The van der Waals surface area contributed by atoms with Crippen LogP contribution in [0.25, 0.3) is 71.6 Å². The van der Waals surface area contributed by atoms with Crippen molar-refractivity contribution >= 4 is 49.6 Å². The van der Waals surface area contributed by atoms with Crippen LogP contribution in [0.5, 0.6) is 0 Å². The van der Waals surface area contributed by atoms with Gasteiger partial charge in [0.2, 0.25) is 0 Å². The van der Waals surface area contributed by atoms with Gasteiger partial charge in [-0.05, 0) is 75.7 Å². The van der Waals surface area contributed by atoms with Gasteiger partial charge >= 0.3 is 0 Å². The lowest BCUT2D eigenvalue weighted by Crippen LogP contribution is -2.12. The third-order valence-corrected chi connectivity index (χ3v) is 10.6. The first kappa shape index (κ1) is 31.6. The van der Waals surface area contributed by atoms with E-state index in [2.05, 4.69) is 228 Å². The van der Waals surface area contributed by atoms with E-state index in [1.54, 1.807) is 0 Å². The molecule has 0 aliphatic carbocycles. The molecule has 254 valence electrons. The molecule has 0 atom stereocenters. The molecule has 0 unspecified atom stereocenters.